The van der Waals surface area contributed by atoms with E-state index in [2.05, 4.69) is 10.2 Å². The van der Waals surface area contributed by atoms with E-state index in [1.165, 1.54) is 11.8 Å². The number of hydrogen-bond acceptors (Lipinski definition) is 8. The Balaban J connectivity index is 1.57. The van der Waals surface area contributed by atoms with Crippen LogP contribution in [0.1, 0.15) is 40.8 Å². The van der Waals surface area contributed by atoms with E-state index in [9.17, 15) is 13.2 Å². The molecule has 0 amide bonds. The monoisotopic (exact) mass is 474 g/mol. The molecule has 1 saturated heterocycles. The van der Waals surface area contributed by atoms with Crippen LogP contribution in [0.5, 0.6) is 0 Å². The number of thioether (sulfide) groups is 1. The maximum Gasteiger partial charge on any atom is 0.340 e. The van der Waals surface area contributed by atoms with Gasteiger partial charge >= 0.3 is 5.97 Å². The van der Waals surface area contributed by atoms with Crippen LogP contribution in [-0.4, -0.2) is 52.2 Å². The number of rotatable bonds is 7. The van der Waals surface area contributed by atoms with Crippen LogP contribution in [0.4, 0.5) is 0 Å². The minimum absolute atomic E-state index is 0.0842. The lowest BCUT2D eigenvalue weighted by molar-refractivity contribution is 0.0524. The van der Waals surface area contributed by atoms with Gasteiger partial charge in [0.05, 0.1) is 34.9 Å². The molecule has 1 aromatic carbocycles. The molecule has 0 radical (unpaired) electrons. The molecule has 0 aliphatic carbocycles. The number of esters is 1. The van der Waals surface area contributed by atoms with Crippen LogP contribution in [0.2, 0.25) is 0 Å². The van der Waals surface area contributed by atoms with Crippen LogP contribution in [0.15, 0.2) is 29.4 Å². The Labute approximate surface area is 191 Å². The van der Waals surface area contributed by atoms with Gasteiger partial charge in [0, 0.05) is 24.6 Å². The number of sulfone groups is 1. The maximum atomic E-state index is 12.7. The molecule has 1 fully saturated rings. The number of aryl methyl sites for hydroxylation is 1. The second-order valence-electron chi connectivity index (χ2n) is 8.02. The molecule has 1 atom stereocenters. The Morgan fingerprint density at radius 3 is 2.78 bits per heavy atom. The van der Waals surface area contributed by atoms with Crippen molar-refractivity contribution in [2.24, 2.45) is 13.0 Å². The zero-order valence-electron chi connectivity index (χ0n) is 18.4. The largest absolute Gasteiger partial charge is 0.462 e. The first-order chi connectivity index (χ1) is 15.3. The van der Waals surface area contributed by atoms with Crippen molar-refractivity contribution in [3.63, 3.8) is 0 Å². The molecule has 4 rings (SSSR count). The molecular formula is C22H26N4O4S2. The van der Waals surface area contributed by atoms with Crippen LogP contribution in [0, 0.1) is 12.8 Å². The summed E-state index contributed by atoms with van der Waals surface area (Å²) in [5, 5.41) is 10.2. The number of nitrogens with zero attached hydrogens (tertiary/aromatic N) is 4. The maximum absolute atomic E-state index is 12.7. The first-order valence-corrected chi connectivity index (χ1v) is 13.4. The van der Waals surface area contributed by atoms with E-state index in [1.807, 2.05) is 42.8 Å². The van der Waals surface area contributed by atoms with Gasteiger partial charge in [0.15, 0.2) is 15.0 Å². The summed E-state index contributed by atoms with van der Waals surface area (Å²) >= 11 is 1.45. The van der Waals surface area contributed by atoms with Crippen molar-refractivity contribution < 1.29 is 17.9 Å². The minimum Gasteiger partial charge on any atom is -0.462 e. The number of carbonyl (C=O) groups is 1. The molecule has 32 heavy (non-hydrogen) atoms. The number of carbonyl (C=O) groups excluding carboxylic acids is 1. The third kappa shape index (κ3) is 4.66. The van der Waals surface area contributed by atoms with Gasteiger partial charge in [-0.3, -0.25) is 4.98 Å². The van der Waals surface area contributed by atoms with Gasteiger partial charge in [-0.25, -0.2) is 13.2 Å². The van der Waals surface area contributed by atoms with E-state index in [0.717, 1.165) is 22.3 Å². The zero-order valence-corrected chi connectivity index (χ0v) is 20.0. The van der Waals surface area contributed by atoms with Crippen LogP contribution < -0.4 is 0 Å². The molecule has 10 heteroatoms. The van der Waals surface area contributed by atoms with Crippen molar-refractivity contribution in [1.82, 2.24) is 19.7 Å². The van der Waals surface area contributed by atoms with Crippen LogP contribution >= 0.6 is 11.8 Å². The van der Waals surface area contributed by atoms with Crippen molar-refractivity contribution in [3.05, 3.63) is 46.9 Å². The first-order valence-electron chi connectivity index (χ1n) is 10.6. The van der Waals surface area contributed by atoms with Crippen LogP contribution in [-0.2, 0) is 33.8 Å². The van der Waals surface area contributed by atoms with Gasteiger partial charge in [-0.1, -0.05) is 30.0 Å². The highest BCUT2D eigenvalue weighted by Gasteiger charge is 2.29. The molecule has 170 valence electrons. The second-order valence-corrected chi connectivity index (χ2v) is 11.2. The molecule has 0 N–H and O–H groups in total. The molecule has 2 aromatic heterocycles. The van der Waals surface area contributed by atoms with Gasteiger partial charge in [0.2, 0.25) is 0 Å². The van der Waals surface area contributed by atoms with E-state index in [0.29, 0.717) is 41.6 Å². The summed E-state index contributed by atoms with van der Waals surface area (Å²) in [6.07, 6.45) is 1.26. The molecular weight excluding hydrogens is 448 g/mol. The molecule has 3 heterocycles. The standard InChI is InChI=1S/C22H26N4O4S2/c1-4-30-21(27)20-14(2)16-7-5-6-8-17(16)23-18(20)12-31-22-25-24-19(26(22)3)11-15-9-10-32(28,29)13-15/h5-8,15H,4,9-13H2,1-3H3. The topological polar surface area (TPSA) is 104 Å². The lowest BCUT2D eigenvalue weighted by Gasteiger charge is -2.13. The summed E-state index contributed by atoms with van der Waals surface area (Å²) in [6, 6.07) is 7.74. The van der Waals surface area contributed by atoms with E-state index >= 15 is 0 Å². The molecule has 0 bridgehead atoms. The number of fused-ring (bicyclic) bond motifs is 1. The third-order valence-electron chi connectivity index (χ3n) is 5.77. The molecule has 8 nitrogen and oxygen atoms in total. The SMILES string of the molecule is CCOC(=O)c1c(CSc2nnc(CC3CCS(=O)(=O)C3)n2C)nc2ccccc2c1C. The molecule has 1 aliphatic heterocycles. The number of benzene rings is 1. The second kappa shape index (κ2) is 9.19. The van der Waals surface area contributed by atoms with Crippen molar-refractivity contribution in [3.8, 4) is 0 Å². The average molecular weight is 475 g/mol. The number of hydrogen-bond donors (Lipinski definition) is 0. The van der Waals surface area contributed by atoms with Gasteiger partial charge < -0.3 is 9.30 Å². The fourth-order valence-electron chi connectivity index (χ4n) is 4.09. The van der Waals surface area contributed by atoms with Gasteiger partial charge in [0.25, 0.3) is 0 Å². The summed E-state index contributed by atoms with van der Waals surface area (Å²) in [4.78, 5) is 17.4. The summed E-state index contributed by atoms with van der Waals surface area (Å²) in [7, 11) is -1.04. The predicted octanol–water partition coefficient (Wildman–Crippen LogP) is 3.12. The van der Waals surface area contributed by atoms with E-state index in [-0.39, 0.29) is 23.4 Å². The van der Waals surface area contributed by atoms with Gasteiger partial charge in [0.1, 0.15) is 5.82 Å². The third-order valence-corrected chi connectivity index (χ3v) is 8.64. The predicted molar refractivity (Wildman–Crippen MR) is 123 cm³/mol. The Morgan fingerprint density at radius 1 is 1.28 bits per heavy atom. The first kappa shape index (κ1) is 22.7. The molecule has 0 spiro atoms. The normalized spacial score (nSPS) is 17.7. The zero-order chi connectivity index (χ0) is 22.9. The fraction of sp³-hybridized carbons (Fsp3) is 0.455. The quantitative estimate of drug-likeness (QED) is 0.380. The Morgan fingerprint density at radius 2 is 2.06 bits per heavy atom. The van der Waals surface area contributed by atoms with Crippen molar-refractivity contribution in [1.29, 1.82) is 0 Å². The number of aromatic nitrogens is 4. The highest BCUT2D eigenvalue weighted by Crippen LogP contribution is 2.29. The fourth-order valence-corrected chi connectivity index (χ4v) is 6.83. The number of ether oxygens (including phenoxy) is 1. The van der Waals surface area contributed by atoms with Crippen molar-refractivity contribution in [2.45, 2.75) is 37.6 Å². The van der Waals surface area contributed by atoms with Crippen LogP contribution in [0.25, 0.3) is 10.9 Å². The van der Waals surface area contributed by atoms with Gasteiger partial charge in [-0.05, 0) is 37.8 Å². The van der Waals surface area contributed by atoms with E-state index in [4.69, 9.17) is 9.72 Å². The molecule has 1 unspecified atom stereocenters. The smallest absolute Gasteiger partial charge is 0.340 e. The van der Waals surface area contributed by atoms with E-state index < -0.39 is 9.84 Å². The number of pyridine rings is 1. The molecule has 1 aliphatic rings. The summed E-state index contributed by atoms with van der Waals surface area (Å²) in [5.41, 5.74) is 2.83. The molecule has 3 aromatic rings. The highest BCUT2D eigenvalue weighted by atomic mass is 32.2. The Kier molecular flexibility index (Phi) is 6.52. The van der Waals surface area contributed by atoms with Gasteiger partial charge in [-0.2, -0.15) is 0 Å². The van der Waals surface area contributed by atoms with E-state index in [1.54, 1.807) is 6.92 Å². The van der Waals surface area contributed by atoms with Crippen molar-refractivity contribution in [2.75, 3.05) is 18.1 Å². The summed E-state index contributed by atoms with van der Waals surface area (Å²) < 4.78 is 30.7. The Hall–Kier alpha value is -2.46. The lowest BCUT2D eigenvalue weighted by atomic mass is 10.0. The van der Waals surface area contributed by atoms with Gasteiger partial charge in [-0.15, -0.1) is 10.2 Å². The average Bonchev–Trinajstić information content (AvgIpc) is 3.28. The van der Waals surface area contributed by atoms with Crippen LogP contribution in [0.3, 0.4) is 0 Å². The highest BCUT2D eigenvalue weighted by molar-refractivity contribution is 7.98. The van der Waals surface area contributed by atoms with Crippen molar-refractivity contribution >= 4 is 38.5 Å². The Bertz CT molecular complexity index is 1270. The minimum atomic E-state index is -2.92. The summed E-state index contributed by atoms with van der Waals surface area (Å²) in [5.74, 6) is 1.37. The summed E-state index contributed by atoms with van der Waals surface area (Å²) in [6.45, 7) is 3.99. The lowest BCUT2D eigenvalue weighted by Crippen LogP contribution is -2.12. The number of para-hydroxylation sites is 1. The molecule has 0 saturated carbocycles.